The van der Waals surface area contributed by atoms with Gasteiger partial charge in [-0.25, -0.2) is 0 Å². The average molecular weight is 319 g/mol. The molecule has 2 N–H and O–H groups in total. The summed E-state index contributed by atoms with van der Waals surface area (Å²) in [4.78, 5) is 25.2. The van der Waals surface area contributed by atoms with Crippen LogP contribution in [0.5, 0.6) is 0 Å². The van der Waals surface area contributed by atoms with E-state index < -0.39 is 6.04 Å². The Balaban J connectivity index is 1.75. The largest absolute Gasteiger partial charge is 0.374 e. The highest BCUT2D eigenvalue weighted by atomic mass is 16.5. The first-order valence-corrected chi connectivity index (χ1v) is 7.97. The summed E-state index contributed by atoms with van der Waals surface area (Å²) in [5.74, 6) is -0.403. The summed E-state index contributed by atoms with van der Waals surface area (Å²) in [7, 11) is 0. The van der Waals surface area contributed by atoms with E-state index in [-0.39, 0.29) is 17.9 Å². The van der Waals surface area contributed by atoms with Crippen molar-refractivity contribution in [1.29, 1.82) is 0 Å². The van der Waals surface area contributed by atoms with Gasteiger partial charge in [0.25, 0.3) is 0 Å². The molecule has 0 bridgehead atoms. The molecule has 0 spiro atoms. The molecule has 1 aliphatic rings. The summed E-state index contributed by atoms with van der Waals surface area (Å²) in [5, 5.41) is 5.41. The van der Waals surface area contributed by atoms with E-state index in [1.807, 2.05) is 18.2 Å². The van der Waals surface area contributed by atoms with Crippen molar-refractivity contribution < 1.29 is 14.3 Å². The topological polar surface area (TPSA) is 70.7 Å². The van der Waals surface area contributed by atoms with Crippen LogP contribution in [-0.4, -0.2) is 55.1 Å². The molecule has 126 valence electrons. The predicted molar refractivity (Wildman–Crippen MR) is 87.7 cm³/mol. The van der Waals surface area contributed by atoms with E-state index in [0.717, 1.165) is 19.6 Å². The fourth-order valence-corrected chi connectivity index (χ4v) is 2.63. The van der Waals surface area contributed by atoms with E-state index in [4.69, 9.17) is 4.74 Å². The Hall–Kier alpha value is -1.92. The van der Waals surface area contributed by atoms with Crippen molar-refractivity contribution in [2.75, 3.05) is 26.2 Å². The molecular weight excluding hydrogens is 294 g/mol. The summed E-state index contributed by atoms with van der Waals surface area (Å²) < 4.78 is 5.71. The highest BCUT2D eigenvalue weighted by molar-refractivity contribution is 5.86. The molecule has 1 aromatic rings. The van der Waals surface area contributed by atoms with Crippen LogP contribution in [0.1, 0.15) is 19.4 Å². The molecule has 23 heavy (non-hydrogen) atoms. The molecular formula is C17H25N3O3. The number of carbonyl (C=O) groups is 2. The lowest BCUT2D eigenvalue weighted by atomic mass is 10.2. The second kappa shape index (κ2) is 8.64. The third-order valence-corrected chi connectivity index (χ3v) is 3.79. The maximum absolute atomic E-state index is 11.9. The summed E-state index contributed by atoms with van der Waals surface area (Å²) in [6.07, 6.45) is -0.0269. The molecule has 1 aromatic carbocycles. The van der Waals surface area contributed by atoms with E-state index in [1.165, 1.54) is 12.5 Å². The summed E-state index contributed by atoms with van der Waals surface area (Å²) >= 11 is 0. The minimum absolute atomic E-state index is 0.0269. The summed E-state index contributed by atoms with van der Waals surface area (Å²) in [5.41, 5.74) is 1.27. The quantitative estimate of drug-likeness (QED) is 0.802. The van der Waals surface area contributed by atoms with Crippen LogP contribution in [0.4, 0.5) is 0 Å². The lowest BCUT2D eigenvalue weighted by molar-refractivity contribution is -0.128. The molecule has 2 atom stereocenters. The lowest BCUT2D eigenvalue weighted by Gasteiger charge is -2.33. The normalized spacial score (nSPS) is 19.8. The Bertz CT molecular complexity index is 521. The van der Waals surface area contributed by atoms with Gasteiger partial charge in [-0.05, 0) is 12.5 Å². The first-order valence-electron chi connectivity index (χ1n) is 7.97. The zero-order valence-corrected chi connectivity index (χ0v) is 13.7. The van der Waals surface area contributed by atoms with Gasteiger partial charge in [0.05, 0.1) is 12.7 Å². The lowest BCUT2D eigenvalue weighted by Crippen LogP contribution is -2.50. The molecule has 0 aliphatic carbocycles. The molecule has 2 rings (SSSR count). The summed E-state index contributed by atoms with van der Waals surface area (Å²) in [6, 6.07) is 9.78. The van der Waals surface area contributed by atoms with E-state index in [9.17, 15) is 9.59 Å². The second-order valence-corrected chi connectivity index (χ2v) is 5.88. The molecule has 6 heteroatoms. The van der Waals surface area contributed by atoms with Gasteiger partial charge >= 0.3 is 0 Å². The van der Waals surface area contributed by atoms with Crippen molar-refractivity contribution in [3.63, 3.8) is 0 Å². The van der Waals surface area contributed by atoms with Gasteiger partial charge in [0.2, 0.25) is 11.8 Å². The fourth-order valence-electron chi connectivity index (χ4n) is 2.63. The van der Waals surface area contributed by atoms with Gasteiger partial charge in [0, 0.05) is 33.1 Å². The molecule has 0 radical (unpaired) electrons. The second-order valence-electron chi connectivity index (χ2n) is 5.88. The minimum atomic E-state index is -0.531. The van der Waals surface area contributed by atoms with Crippen molar-refractivity contribution >= 4 is 11.8 Å². The average Bonchev–Trinajstić information content (AvgIpc) is 2.53. The number of benzene rings is 1. The minimum Gasteiger partial charge on any atom is -0.374 e. The van der Waals surface area contributed by atoms with Crippen molar-refractivity contribution in [3.05, 3.63) is 35.9 Å². The highest BCUT2D eigenvalue weighted by Gasteiger charge is 2.22. The number of rotatable bonds is 6. The third-order valence-electron chi connectivity index (χ3n) is 3.79. The first kappa shape index (κ1) is 17.4. The molecule has 0 saturated carbocycles. The Morgan fingerprint density at radius 1 is 1.35 bits per heavy atom. The number of carbonyl (C=O) groups excluding carboxylic acids is 2. The smallest absolute Gasteiger partial charge is 0.242 e. The van der Waals surface area contributed by atoms with Crippen molar-refractivity contribution in [1.82, 2.24) is 15.5 Å². The van der Waals surface area contributed by atoms with Crippen LogP contribution in [0.15, 0.2) is 30.3 Å². The van der Waals surface area contributed by atoms with Crippen molar-refractivity contribution in [2.24, 2.45) is 0 Å². The number of ether oxygens (including phenoxy) is 1. The van der Waals surface area contributed by atoms with Crippen molar-refractivity contribution in [3.8, 4) is 0 Å². The number of hydrogen-bond donors (Lipinski definition) is 2. The number of nitrogens with zero attached hydrogens (tertiary/aromatic N) is 1. The maximum Gasteiger partial charge on any atom is 0.242 e. The highest BCUT2D eigenvalue weighted by Crippen LogP contribution is 2.10. The van der Waals surface area contributed by atoms with Gasteiger partial charge in [-0.1, -0.05) is 30.3 Å². The molecule has 2 amide bonds. The molecule has 0 aromatic heterocycles. The number of morpholine rings is 1. The van der Waals surface area contributed by atoms with Gasteiger partial charge in [0.1, 0.15) is 6.04 Å². The standard InChI is InChI=1S/C17H25N3O3/c1-13(19-14(2)21)17(22)18-10-16-12-20(8-9-23-16)11-15-6-4-3-5-7-15/h3-7,13,16H,8-12H2,1-2H3,(H,18,22)(H,19,21). The van der Waals surface area contributed by atoms with Crippen LogP contribution in [0.2, 0.25) is 0 Å². The maximum atomic E-state index is 11.9. The van der Waals surface area contributed by atoms with Crippen LogP contribution < -0.4 is 10.6 Å². The van der Waals surface area contributed by atoms with Gasteiger partial charge in [-0.15, -0.1) is 0 Å². The summed E-state index contributed by atoms with van der Waals surface area (Å²) in [6.45, 7) is 6.74. The van der Waals surface area contributed by atoms with E-state index in [0.29, 0.717) is 13.2 Å². The third kappa shape index (κ3) is 6.00. The molecule has 1 aliphatic heterocycles. The number of nitrogens with one attached hydrogen (secondary N) is 2. The molecule has 1 fully saturated rings. The number of hydrogen-bond acceptors (Lipinski definition) is 4. The van der Waals surface area contributed by atoms with Crippen LogP contribution in [0, 0.1) is 0 Å². The van der Waals surface area contributed by atoms with Gasteiger partial charge < -0.3 is 15.4 Å². The monoisotopic (exact) mass is 319 g/mol. The number of amides is 2. The molecule has 6 nitrogen and oxygen atoms in total. The zero-order valence-electron chi connectivity index (χ0n) is 13.7. The van der Waals surface area contributed by atoms with E-state index in [1.54, 1.807) is 6.92 Å². The van der Waals surface area contributed by atoms with Crippen LogP contribution >= 0.6 is 0 Å². The van der Waals surface area contributed by atoms with Crippen LogP contribution in [-0.2, 0) is 20.9 Å². The molecule has 2 unspecified atom stereocenters. The Morgan fingerprint density at radius 2 is 2.09 bits per heavy atom. The van der Waals surface area contributed by atoms with Crippen LogP contribution in [0.3, 0.4) is 0 Å². The molecule has 1 heterocycles. The fraction of sp³-hybridized carbons (Fsp3) is 0.529. The predicted octanol–water partition coefficient (Wildman–Crippen LogP) is 0.528. The van der Waals surface area contributed by atoms with Crippen LogP contribution in [0.25, 0.3) is 0 Å². The molecule has 1 saturated heterocycles. The van der Waals surface area contributed by atoms with E-state index in [2.05, 4.69) is 27.7 Å². The van der Waals surface area contributed by atoms with Gasteiger partial charge in [-0.2, -0.15) is 0 Å². The first-order chi connectivity index (χ1) is 11.0. The van der Waals surface area contributed by atoms with Gasteiger partial charge in [-0.3, -0.25) is 14.5 Å². The van der Waals surface area contributed by atoms with E-state index >= 15 is 0 Å². The Morgan fingerprint density at radius 3 is 2.78 bits per heavy atom. The Kier molecular flexibility index (Phi) is 6.55. The Labute approximate surface area is 137 Å². The van der Waals surface area contributed by atoms with Gasteiger partial charge in [0.15, 0.2) is 0 Å². The zero-order chi connectivity index (χ0) is 16.7. The SMILES string of the molecule is CC(=O)NC(C)C(=O)NCC1CN(Cc2ccccc2)CCO1. The van der Waals surface area contributed by atoms with Crippen molar-refractivity contribution in [2.45, 2.75) is 32.5 Å².